The normalized spacial score (nSPS) is 17.8. The molecule has 0 saturated carbocycles. The fraction of sp³-hybridized carbons (Fsp3) is 0.216. The number of rotatable bonds is 4. The Hall–Kier alpha value is -5.13. The fourth-order valence-corrected chi connectivity index (χ4v) is 6.87. The van der Waals surface area contributed by atoms with Gasteiger partial charge in [-0.25, -0.2) is 0 Å². The molecule has 1 atom stereocenters. The van der Waals surface area contributed by atoms with Gasteiger partial charge < -0.3 is 9.32 Å². The van der Waals surface area contributed by atoms with Gasteiger partial charge in [0.1, 0.15) is 29.2 Å². The van der Waals surface area contributed by atoms with Crippen molar-refractivity contribution in [1.29, 1.82) is 10.5 Å². The van der Waals surface area contributed by atoms with Crippen LogP contribution in [0.2, 0.25) is 0 Å². The van der Waals surface area contributed by atoms with Crippen molar-refractivity contribution in [2.75, 3.05) is 4.90 Å². The minimum Gasteiger partial charge on any atom is -0.455 e. The van der Waals surface area contributed by atoms with Crippen molar-refractivity contribution >= 4 is 17.5 Å². The highest BCUT2D eigenvalue weighted by Gasteiger charge is 2.41. The lowest BCUT2D eigenvalue weighted by atomic mass is 9.82. The van der Waals surface area contributed by atoms with Crippen LogP contribution in [0.25, 0.3) is 28.7 Å². The first-order valence-electron chi connectivity index (χ1n) is 14.3. The summed E-state index contributed by atoms with van der Waals surface area (Å²) in [6, 6.07) is 23.8. The minimum absolute atomic E-state index is 0.00890. The lowest BCUT2D eigenvalue weighted by Crippen LogP contribution is -2.30. The molecule has 1 unspecified atom stereocenters. The average molecular weight is 547 g/mol. The summed E-state index contributed by atoms with van der Waals surface area (Å²) < 4.78 is 6.15. The van der Waals surface area contributed by atoms with Crippen LogP contribution < -0.4 is 4.90 Å². The Balaban J connectivity index is 1.34. The molecule has 2 heterocycles. The number of hydrogen-bond acceptors (Lipinski definition) is 5. The summed E-state index contributed by atoms with van der Waals surface area (Å²) in [6.07, 6.45) is 13.0. The standard InChI is InChI=1S/C37H30N4O/c1-36(2)30-13-9-8-12-28(30)29-15-14-25(17-31(29)36)41(24-10-6-5-7-11-24)26-18-32-34(40-22-26)35-33(37(32,3)4)19-27(42-35)16-23(20-38)21-39/h5-10,12-19,22,24H,11H2,1-4H3. The topological polar surface area (TPSA) is 76.8 Å². The predicted octanol–water partition coefficient (Wildman–Crippen LogP) is 8.74. The predicted molar refractivity (Wildman–Crippen MR) is 166 cm³/mol. The second-order valence-electron chi connectivity index (χ2n) is 12.3. The first-order chi connectivity index (χ1) is 20.2. The summed E-state index contributed by atoms with van der Waals surface area (Å²) in [6.45, 7) is 8.97. The Morgan fingerprint density at radius 1 is 0.881 bits per heavy atom. The molecule has 0 fully saturated rings. The van der Waals surface area contributed by atoms with Crippen LogP contribution in [0, 0.1) is 22.7 Å². The fourth-order valence-electron chi connectivity index (χ4n) is 6.87. The molecule has 3 aliphatic carbocycles. The lowest BCUT2D eigenvalue weighted by Gasteiger charge is -2.34. The van der Waals surface area contributed by atoms with E-state index < -0.39 is 0 Å². The Bertz CT molecular complexity index is 1940. The van der Waals surface area contributed by atoms with Gasteiger partial charge in [-0.3, -0.25) is 4.98 Å². The zero-order chi connectivity index (χ0) is 29.2. The van der Waals surface area contributed by atoms with E-state index >= 15 is 0 Å². The molecule has 0 saturated heterocycles. The van der Waals surface area contributed by atoms with E-state index in [1.165, 1.54) is 28.3 Å². The summed E-state index contributed by atoms with van der Waals surface area (Å²) >= 11 is 0. The molecule has 4 aromatic rings. The first-order valence-corrected chi connectivity index (χ1v) is 14.3. The SMILES string of the molecule is CC1(C)c2ccccc2-c2ccc(N(c3cnc4c(c3)C(C)(C)c3cc(C=C(C#N)C#N)oc3-4)C3C=CC=CC3)cc21. The van der Waals surface area contributed by atoms with E-state index in [1.54, 1.807) is 0 Å². The third-order valence-corrected chi connectivity index (χ3v) is 9.13. The molecule has 42 heavy (non-hydrogen) atoms. The van der Waals surface area contributed by atoms with Crippen LogP contribution in [-0.4, -0.2) is 11.0 Å². The van der Waals surface area contributed by atoms with Gasteiger partial charge in [-0.2, -0.15) is 10.5 Å². The van der Waals surface area contributed by atoms with Crippen molar-refractivity contribution in [2.45, 2.75) is 51.0 Å². The molecule has 7 rings (SSSR count). The highest BCUT2D eigenvalue weighted by molar-refractivity contribution is 5.84. The number of hydrogen-bond donors (Lipinski definition) is 0. The van der Waals surface area contributed by atoms with Crippen LogP contribution in [0.4, 0.5) is 11.4 Å². The number of fused-ring (bicyclic) bond motifs is 6. The maximum absolute atomic E-state index is 9.20. The molecule has 0 radical (unpaired) electrons. The van der Waals surface area contributed by atoms with Crippen LogP contribution in [-0.2, 0) is 10.8 Å². The molecule has 0 amide bonds. The van der Waals surface area contributed by atoms with Gasteiger partial charge in [0, 0.05) is 28.2 Å². The lowest BCUT2D eigenvalue weighted by molar-refractivity contribution is 0.567. The monoisotopic (exact) mass is 546 g/mol. The van der Waals surface area contributed by atoms with Crippen molar-refractivity contribution in [2.24, 2.45) is 0 Å². The van der Waals surface area contributed by atoms with Gasteiger partial charge in [0.25, 0.3) is 0 Å². The molecule has 3 aliphatic rings. The molecule has 0 aliphatic heterocycles. The molecule has 5 nitrogen and oxygen atoms in total. The zero-order valence-electron chi connectivity index (χ0n) is 24.1. The van der Waals surface area contributed by atoms with Gasteiger partial charge in [0.05, 0.1) is 17.9 Å². The summed E-state index contributed by atoms with van der Waals surface area (Å²) in [5, 5.41) is 18.4. The maximum atomic E-state index is 9.20. The van der Waals surface area contributed by atoms with Crippen molar-refractivity contribution < 1.29 is 4.42 Å². The Kier molecular flexibility index (Phi) is 5.65. The van der Waals surface area contributed by atoms with Gasteiger partial charge in [-0.05, 0) is 58.5 Å². The van der Waals surface area contributed by atoms with Crippen LogP contribution in [0.5, 0.6) is 0 Å². The zero-order valence-corrected chi connectivity index (χ0v) is 24.1. The number of benzene rings is 2. The smallest absolute Gasteiger partial charge is 0.157 e. The second-order valence-corrected chi connectivity index (χ2v) is 12.3. The average Bonchev–Trinajstić information content (AvgIpc) is 3.60. The van der Waals surface area contributed by atoms with Gasteiger partial charge in [-0.1, -0.05) is 82.3 Å². The molecule has 204 valence electrons. The van der Waals surface area contributed by atoms with Crippen LogP contribution in [0.3, 0.4) is 0 Å². The van der Waals surface area contributed by atoms with Gasteiger partial charge in [0.2, 0.25) is 0 Å². The van der Waals surface area contributed by atoms with Crippen molar-refractivity contribution in [3.8, 4) is 34.7 Å². The van der Waals surface area contributed by atoms with E-state index in [0.29, 0.717) is 11.5 Å². The van der Waals surface area contributed by atoms with E-state index in [-0.39, 0.29) is 22.4 Å². The highest BCUT2D eigenvalue weighted by Crippen LogP contribution is 2.52. The molecule has 5 heteroatoms. The number of pyridine rings is 1. The molecule has 2 aromatic heterocycles. The molecule has 0 bridgehead atoms. The van der Waals surface area contributed by atoms with Crippen molar-refractivity contribution in [3.63, 3.8) is 0 Å². The number of allylic oxidation sites excluding steroid dienone is 3. The van der Waals surface area contributed by atoms with Crippen LogP contribution in [0.15, 0.2) is 95.1 Å². The number of aromatic nitrogens is 1. The van der Waals surface area contributed by atoms with E-state index in [9.17, 15) is 10.5 Å². The molecule has 0 spiro atoms. The summed E-state index contributed by atoms with van der Waals surface area (Å²) in [7, 11) is 0. The minimum atomic E-state index is -0.363. The number of furan rings is 1. The summed E-state index contributed by atoms with van der Waals surface area (Å²) in [5.74, 6) is 1.19. The van der Waals surface area contributed by atoms with E-state index in [0.717, 1.165) is 34.6 Å². The molecular formula is C37H30N4O. The highest BCUT2D eigenvalue weighted by atomic mass is 16.3. The van der Waals surface area contributed by atoms with Crippen LogP contribution in [0.1, 0.15) is 62.1 Å². The molecule has 2 aromatic carbocycles. The van der Waals surface area contributed by atoms with Crippen molar-refractivity contribution in [1.82, 2.24) is 4.98 Å². The van der Waals surface area contributed by atoms with E-state index in [4.69, 9.17) is 9.40 Å². The van der Waals surface area contributed by atoms with E-state index in [1.807, 2.05) is 24.4 Å². The number of nitrogens with zero attached hydrogens (tertiary/aromatic N) is 4. The van der Waals surface area contributed by atoms with Crippen LogP contribution >= 0.6 is 0 Å². The number of nitriles is 2. The summed E-state index contributed by atoms with van der Waals surface area (Å²) in [4.78, 5) is 7.38. The van der Waals surface area contributed by atoms with Gasteiger partial charge in [0.15, 0.2) is 5.76 Å². The number of anilines is 2. The third kappa shape index (κ3) is 3.71. The summed E-state index contributed by atoms with van der Waals surface area (Å²) in [5.41, 5.74) is 9.95. The Morgan fingerprint density at radius 3 is 2.38 bits per heavy atom. The van der Waals surface area contributed by atoms with Gasteiger partial charge >= 0.3 is 0 Å². The van der Waals surface area contributed by atoms with Gasteiger partial charge in [-0.15, -0.1) is 0 Å². The van der Waals surface area contributed by atoms with Crippen molar-refractivity contribution in [3.05, 3.63) is 119 Å². The molecular weight excluding hydrogens is 516 g/mol. The van der Waals surface area contributed by atoms with E-state index in [2.05, 4.69) is 105 Å². The quantitative estimate of drug-likeness (QED) is 0.239. The first kappa shape index (κ1) is 25.8. The molecule has 0 N–H and O–H groups in total. The Morgan fingerprint density at radius 2 is 1.62 bits per heavy atom. The Labute approximate surface area is 246 Å². The maximum Gasteiger partial charge on any atom is 0.157 e. The third-order valence-electron chi connectivity index (χ3n) is 9.13. The largest absolute Gasteiger partial charge is 0.455 e. The second kappa shape index (κ2) is 9.20.